The van der Waals surface area contributed by atoms with Crippen molar-refractivity contribution >= 4 is 5.69 Å². The number of hydrogen-bond acceptors (Lipinski definition) is 3. The summed E-state index contributed by atoms with van der Waals surface area (Å²) in [5.74, 6) is 1.23. The molecule has 0 amide bonds. The SMILES string of the molecule is CCOCCOc1ccc(C(C)C)cc1N. The van der Waals surface area contributed by atoms with Crippen LogP contribution in [0.2, 0.25) is 0 Å². The Hall–Kier alpha value is -1.22. The molecular formula is C13H21NO2. The molecule has 0 unspecified atom stereocenters. The number of ether oxygens (including phenoxy) is 2. The summed E-state index contributed by atoms with van der Waals surface area (Å²) in [5.41, 5.74) is 7.84. The van der Waals surface area contributed by atoms with Crippen molar-refractivity contribution < 1.29 is 9.47 Å². The van der Waals surface area contributed by atoms with Crippen LogP contribution >= 0.6 is 0 Å². The van der Waals surface area contributed by atoms with Crippen molar-refractivity contribution in [3.63, 3.8) is 0 Å². The fourth-order valence-corrected chi connectivity index (χ4v) is 1.41. The molecular weight excluding hydrogens is 202 g/mol. The van der Waals surface area contributed by atoms with Gasteiger partial charge in [-0.15, -0.1) is 0 Å². The van der Waals surface area contributed by atoms with Gasteiger partial charge in [-0.3, -0.25) is 0 Å². The molecule has 3 heteroatoms. The Morgan fingerprint density at radius 3 is 2.56 bits per heavy atom. The van der Waals surface area contributed by atoms with Crippen LogP contribution in [0.1, 0.15) is 32.3 Å². The first-order chi connectivity index (χ1) is 7.65. The quantitative estimate of drug-likeness (QED) is 0.595. The van der Waals surface area contributed by atoms with E-state index in [2.05, 4.69) is 19.9 Å². The van der Waals surface area contributed by atoms with Crippen LogP contribution in [0, 0.1) is 0 Å². The molecule has 0 spiro atoms. The van der Waals surface area contributed by atoms with Gasteiger partial charge in [-0.1, -0.05) is 19.9 Å². The van der Waals surface area contributed by atoms with E-state index in [0.29, 0.717) is 31.4 Å². The molecule has 0 fully saturated rings. The maximum atomic E-state index is 5.91. The molecule has 2 N–H and O–H groups in total. The Morgan fingerprint density at radius 2 is 2.00 bits per heavy atom. The third-order valence-electron chi connectivity index (χ3n) is 2.39. The molecule has 0 bridgehead atoms. The molecule has 1 aromatic rings. The average Bonchev–Trinajstić information content (AvgIpc) is 2.26. The Bertz CT molecular complexity index is 324. The summed E-state index contributed by atoms with van der Waals surface area (Å²) in [6.07, 6.45) is 0. The maximum absolute atomic E-state index is 5.91. The highest BCUT2D eigenvalue weighted by atomic mass is 16.5. The Morgan fingerprint density at radius 1 is 1.25 bits per heavy atom. The van der Waals surface area contributed by atoms with Crippen LogP contribution in [0.4, 0.5) is 5.69 Å². The number of rotatable bonds is 6. The lowest BCUT2D eigenvalue weighted by molar-refractivity contribution is 0.110. The molecule has 0 aliphatic heterocycles. The van der Waals surface area contributed by atoms with Crippen molar-refractivity contribution in [3.8, 4) is 5.75 Å². The van der Waals surface area contributed by atoms with Gasteiger partial charge in [0.25, 0.3) is 0 Å². The fourth-order valence-electron chi connectivity index (χ4n) is 1.41. The number of nitrogen functional groups attached to an aromatic ring is 1. The van der Waals surface area contributed by atoms with Crippen molar-refractivity contribution in [1.82, 2.24) is 0 Å². The minimum absolute atomic E-state index is 0.486. The third kappa shape index (κ3) is 3.74. The van der Waals surface area contributed by atoms with Crippen molar-refractivity contribution in [3.05, 3.63) is 23.8 Å². The first kappa shape index (κ1) is 12.8. The van der Waals surface area contributed by atoms with E-state index in [-0.39, 0.29) is 0 Å². The second kappa shape index (κ2) is 6.38. The van der Waals surface area contributed by atoms with Gasteiger partial charge in [0, 0.05) is 6.61 Å². The summed E-state index contributed by atoms with van der Waals surface area (Å²) in [7, 11) is 0. The molecule has 1 rings (SSSR count). The predicted octanol–water partition coefficient (Wildman–Crippen LogP) is 2.81. The molecule has 0 radical (unpaired) electrons. The van der Waals surface area contributed by atoms with Gasteiger partial charge in [0.1, 0.15) is 12.4 Å². The molecule has 16 heavy (non-hydrogen) atoms. The molecule has 1 aromatic carbocycles. The summed E-state index contributed by atoms with van der Waals surface area (Å²) in [6.45, 7) is 8.10. The number of anilines is 1. The van der Waals surface area contributed by atoms with E-state index in [1.807, 2.05) is 19.1 Å². The summed E-state index contributed by atoms with van der Waals surface area (Å²) in [6, 6.07) is 5.95. The Balaban J connectivity index is 2.54. The van der Waals surface area contributed by atoms with Crippen LogP contribution in [0.5, 0.6) is 5.75 Å². The highest BCUT2D eigenvalue weighted by Crippen LogP contribution is 2.26. The van der Waals surface area contributed by atoms with Gasteiger partial charge in [-0.05, 0) is 30.5 Å². The lowest BCUT2D eigenvalue weighted by Crippen LogP contribution is -2.07. The van der Waals surface area contributed by atoms with E-state index >= 15 is 0 Å². The number of benzene rings is 1. The number of nitrogens with two attached hydrogens (primary N) is 1. The van der Waals surface area contributed by atoms with Crippen molar-refractivity contribution in [2.24, 2.45) is 0 Å². The Labute approximate surface area is 97.6 Å². The lowest BCUT2D eigenvalue weighted by Gasteiger charge is -2.11. The zero-order valence-corrected chi connectivity index (χ0v) is 10.3. The summed E-state index contributed by atoms with van der Waals surface area (Å²) < 4.78 is 10.7. The van der Waals surface area contributed by atoms with Crippen LogP contribution in [-0.2, 0) is 4.74 Å². The smallest absolute Gasteiger partial charge is 0.142 e. The minimum Gasteiger partial charge on any atom is -0.489 e. The normalized spacial score (nSPS) is 10.8. The molecule has 0 aliphatic carbocycles. The zero-order chi connectivity index (χ0) is 12.0. The molecule has 0 heterocycles. The monoisotopic (exact) mass is 223 g/mol. The van der Waals surface area contributed by atoms with Gasteiger partial charge in [0.2, 0.25) is 0 Å². The highest BCUT2D eigenvalue weighted by molar-refractivity contribution is 5.54. The zero-order valence-electron chi connectivity index (χ0n) is 10.3. The molecule has 0 saturated heterocycles. The van der Waals surface area contributed by atoms with Gasteiger partial charge in [-0.25, -0.2) is 0 Å². The third-order valence-corrected chi connectivity index (χ3v) is 2.39. The number of hydrogen-bond donors (Lipinski definition) is 1. The summed E-state index contributed by atoms with van der Waals surface area (Å²) in [4.78, 5) is 0. The van der Waals surface area contributed by atoms with Gasteiger partial charge in [0.15, 0.2) is 0 Å². The summed E-state index contributed by atoms with van der Waals surface area (Å²) in [5, 5.41) is 0. The largest absolute Gasteiger partial charge is 0.489 e. The van der Waals surface area contributed by atoms with Crippen molar-refractivity contribution in [2.45, 2.75) is 26.7 Å². The van der Waals surface area contributed by atoms with Crippen LogP contribution < -0.4 is 10.5 Å². The van der Waals surface area contributed by atoms with E-state index in [1.54, 1.807) is 0 Å². The first-order valence-corrected chi connectivity index (χ1v) is 5.75. The van der Waals surface area contributed by atoms with E-state index in [1.165, 1.54) is 5.56 Å². The molecule has 3 nitrogen and oxygen atoms in total. The predicted molar refractivity (Wildman–Crippen MR) is 66.9 cm³/mol. The standard InChI is InChI=1S/C13H21NO2/c1-4-15-7-8-16-13-6-5-11(10(2)3)9-12(13)14/h5-6,9-10H,4,7-8,14H2,1-3H3. The molecule has 0 saturated carbocycles. The second-order valence-electron chi connectivity index (χ2n) is 4.00. The van der Waals surface area contributed by atoms with Crippen LogP contribution in [0.15, 0.2) is 18.2 Å². The van der Waals surface area contributed by atoms with Crippen LogP contribution in [-0.4, -0.2) is 19.8 Å². The second-order valence-corrected chi connectivity index (χ2v) is 4.00. The minimum atomic E-state index is 0.486. The molecule has 90 valence electrons. The first-order valence-electron chi connectivity index (χ1n) is 5.75. The van der Waals surface area contributed by atoms with E-state index in [9.17, 15) is 0 Å². The molecule has 0 aromatic heterocycles. The lowest BCUT2D eigenvalue weighted by atomic mass is 10.0. The van der Waals surface area contributed by atoms with E-state index in [0.717, 1.165) is 5.75 Å². The van der Waals surface area contributed by atoms with E-state index < -0.39 is 0 Å². The van der Waals surface area contributed by atoms with Gasteiger partial charge in [0.05, 0.1) is 12.3 Å². The van der Waals surface area contributed by atoms with Gasteiger partial charge in [-0.2, -0.15) is 0 Å². The summed E-state index contributed by atoms with van der Waals surface area (Å²) >= 11 is 0. The van der Waals surface area contributed by atoms with Gasteiger partial charge >= 0.3 is 0 Å². The fraction of sp³-hybridized carbons (Fsp3) is 0.538. The topological polar surface area (TPSA) is 44.5 Å². The van der Waals surface area contributed by atoms with Crippen LogP contribution in [0.3, 0.4) is 0 Å². The van der Waals surface area contributed by atoms with Gasteiger partial charge < -0.3 is 15.2 Å². The molecule has 0 aliphatic rings. The Kier molecular flexibility index (Phi) is 5.12. The maximum Gasteiger partial charge on any atom is 0.142 e. The highest BCUT2D eigenvalue weighted by Gasteiger charge is 2.04. The van der Waals surface area contributed by atoms with Crippen molar-refractivity contribution in [2.75, 3.05) is 25.6 Å². The average molecular weight is 223 g/mol. The molecule has 0 atom stereocenters. The van der Waals surface area contributed by atoms with E-state index in [4.69, 9.17) is 15.2 Å². The van der Waals surface area contributed by atoms with Crippen molar-refractivity contribution in [1.29, 1.82) is 0 Å². The van der Waals surface area contributed by atoms with Crippen LogP contribution in [0.25, 0.3) is 0 Å².